The van der Waals surface area contributed by atoms with Gasteiger partial charge in [0, 0.05) is 0 Å². The summed E-state index contributed by atoms with van der Waals surface area (Å²) in [7, 11) is 0. The van der Waals surface area contributed by atoms with E-state index in [4.69, 9.17) is 10.5 Å². The van der Waals surface area contributed by atoms with Crippen molar-refractivity contribution in [1.82, 2.24) is 20.2 Å². The van der Waals surface area contributed by atoms with Gasteiger partial charge in [0.15, 0.2) is 5.82 Å². The second-order valence-corrected chi connectivity index (χ2v) is 3.53. The highest BCUT2D eigenvalue weighted by atomic mass is 16.5. The zero-order chi connectivity index (χ0) is 12.1. The molecule has 0 amide bonds. The van der Waals surface area contributed by atoms with Crippen molar-refractivity contribution in [3.8, 4) is 5.75 Å². The molecular weight excluding hydrogens is 218 g/mol. The zero-order valence-corrected chi connectivity index (χ0v) is 9.71. The van der Waals surface area contributed by atoms with Crippen molar-refractivity contribution in [3.63, 3.8) is 0 Å². The number of nitrogens with two attached hydrogens (primary N) is 1. The Kier molecular flexibility index (Phi) is 3.66. The van der Waals surface area contributed by atoms with Gasteiger partial charge < -0.3 is 10.5 Å². The molecule has 0 aliphatic heterocycles. The molecular formula is C11H15N5O. The first-order chi connectivity index (χ1) is 8.33. The van der Waals surface area contributed by atoms with E-state index in [9.17, 15) is 0 Å². The van der Waals surface area contributed by atoms with Crippen molar-refractivity contribution in [3.05, 3.63) is 35.7 Å². The summed E-state index contributed by atoms with van der Waals surface area (Å²) in [6.45, 7) is 3.59. The van der Waals surface area contributed by atoms with Crippen LogP contribution in [0.1, 0.15) is 18.3 Å². The molecule has 0 saturated heterocycles. The van der Waals surface area contributed by atoms with Gasteiger partial charge in [-0.1, -0.05) is 12.1 Å². The van der Waals surface area contributed by atoms with Crippen LogP contribution in [-0.4, -0.2) is 26.8 Å². The van der Waals surface area contributed by atoms with Crippen molar-refractivity contribution in [2.24, 2.45) is 5.73 Å². The Balaban J connectivity index is 2.08. The predicted molar refractivity (Wildman–Crippen MR) is 62.4 cm³/mol. The highest BCUT2D eigenvalue weighted by molar-refractivity contribution is 5.27. The van der Waals surface area contributed by atoms with Crippen LogP contribution in [0.4, 0.5) is 0 Å². The van der Waals surface area contributed by atoms with Gasteiger partial charge in [-0.25, -0.2) is 4.68 Å². The van der Waals surface area contributed by atoms with E-state index in [2.05, 4.69) is 15.5 Å². The molecule has 6 heteroatoms. The van der Waals surface area contributed by atoms with Crippen LogP contribution in [0.3, 0.4) is 0 Å². The Hall–Kier alpha value is -1.95. The molecule has 0 atom stereocenters. The smallest absolute Gasteiger partial charge is 0.165 e. The highest BCUT2D eigenvalue weighted by Crippen LogP contribution is 2.12. The maximum absolute atomic E-state index is 5.53. The monoisotopic (exact) mass is 233 g/mol. The molecule has 1 aromatic heterocycles. The average Bonchev–Trinajstić information content (AvgIpc) is 2.79. The molecule has 0 radical (unpaired) electrons. The average molecular weight is 233 g/mol. The minimum absolute atomic E-state index is 0.337. The largest absolute Gasteiger partial charge is 0.494 e. The van der Waals surface area contributed by atoms with Crippen molar-refractivity contribution < 1.29 is 4.74 Å². The second kappa shape index (κ2) is 5.40. The predicted octanol–water partition coefficient (Wildman–Crippen LogP) is 0.579. The Morgan fingerprint density at radius 2 is 2.06 bits per heavy atom. The van der Waals surface area contributed by atoms with Gasteiger partial charge in [0.1, 0.15) is 5.75 Å². The summed E-state index contributed by atoms with van der Waals surface area (Å²) >= 11 is 0. The van der Waals surface area contributed by atoms with Gasteiger partial charge in [0.05, 0.1) is 19.7 Å². The number of ether oxygens (including phenoxy) is 1. The lowest BCUT2D eigenvalue weighted by Gasteiger charge is -2.05. The number of tetrazole rings is 1. The standard InChI is InChI=1S/C11H15N5O/c1-2-17-10-5-3-9(4-6-10)8-16-11(7-12)13-14-15-16/h3-6H,2,7-8,12H2,1H3. The first-order valence-electron chi connectivity index (χ1n) is 5.50. The van der Waals surface area contributed by atoms with Crippen molar-refractivity contribution in [2.45, 2.75) is 20.0 Å². The maximum Gasteiger partial charge on any atom is 0.165 e. The summed E-state index contributed by atoms with van der Waals surface area (Å²) in [6, 6.07) is 7.86. The fourth-order valence-electron chi connectivity index (χ4n) is 1.52. The SMILES string of the molecule is CCOc1ccc(Cn2nnnc2CN)cc1. The molecule has 0 spiro atoms. The van der Waals surface area contributed by atoms with Gasteiger partial charge in [-0.15, -0.1) is 5.10 Å². The topological polar surface area (TPSA) is 78.8 Å². The summed E-state index contributed by atoms with van der Waals surface area (Å²) in [5, 5.41) is 11.3. The van der Waals surface area contributed by atoms with E-state index in [0.29, 0.717) is 25.5 Å². The van der Waals surface area contributed by atoms with E-state index in [1.807, 2.05) is 31.2 Å². The second-order valence-electron chi connectivity index (χ2n) is 3.53. The van der Waals surface area contributed by atoms with Crippen LogP contribution in [0.15, 0.2) is 24.3 Å². The third kappa shape index (κ3) is 2.79. The first kappa shape index (κ1) is 11.5. The van der Waals surface area contributed by atoms with E-state index < -0.39 is 0 Å². The molecule has 6 nitrogen and oxygen atoms in total. The van der Waals surface area contributed by atoms with Crippen LogP contribution in [0.2, 0.25) is 0 Å². The summed E-state index contributed by atoms with van der Waals surface area (Å²) in [5.74, 6) is 1.55. The molecule has 2 rings (SSSR count). The fraction of sp³-hybridized carbons (Fsp3) is 0.364. The normalized spacial score (nSPS) is 10.5. The lowest BCUT2D eigenvalue weighted by Crippen LogP contribution is -2.10. The quantitative estimate of drug-likeness (QED) is 0.817. The molecule has 2 aromatic rings. The molecule has 90 valence electrons. The van der Waals surface area contributed by atoms with E-state index in [1.165, 1.54) is 0 Å². The molecule has 1 aromatic carbocycles. The molecule has 0 aliphatic carbocycles. The lowest BCUT2D eigenvalue weighted by molar-refractivity contribution is 0.340. The van der Waals surface area contributed by atoms with Crippen LogP contribution >= 0.6 is 0 Å². The van der Waals surface area contributed by atoms with Crippen LogP contribution in [0.25, 0.3) is 0 Å². The summed E-state index contributed by atoms with van der Waals surface area (Å²) < 4.78 is 7.06. The Bertz CT molecular complexity index is 465. The molecule has 0 fully saturated rings. The zero-order valence-electron chi connectivity index (χ0n) is 9.71. The van der Waals surface area contributed by atoms with Crippen molar-refractivity contribution in [1.29, 1.82) is 0 Å². The van der Waals surface area contributed by atoms with Gasteiger partial charge in [-0.05, 0) is 35.0 Å². The Labute approximate surface area is 99.4 Å². The van der Waals surface area contributed by atoms with E-state index in [0.717, 1.165) is 11.3 Å². The minimum atomic E-state index is 0.337. The molecule has 0 unspecified atom stereocenters. The summed E-state index contributed by atoms with van der Waals surface area (Å²) in [5.41, 5.74) is 6.64. The minimum Gasteiger partial charge on any atom is -0.494 e. The van der Waals surface area contributed by atoms with E-state index in [-0.39, 0.29) is 0 Å². The third-order valence-electron chi connectivity index (χ3n) is 2.36. The molecule has 17 heavy (non-hydrogen) atoms. The number of benzene rings is 1. The Morgan fingerprint density at radius 3 is 2.71 bits per heavy atom. The lowest BCUT2D eigenvalue weighted by atomic mass is 10.2. The molecule has 2 N–H and O–H groups in total. The molecule has 0 saturated carbocycles. The van der Waals surface area contributed by atoms with Gasteiger partial charge in [0.2, 0.25) is 0 Å². The van der Waals surface area contributed by atoms with E-state index >= 15 is 0 Å². The third-order valence-corrected chi connectivity index (χ3v) is 2.36. The van der Waals surface area contributed by atoms with Gasteiger partial charge in [0.25, 0.3) is 0 Å². The van der Waals surface area contributed by atoms with Gasteiger partial charge in [-0.2, -0.15) is 0 Å². The van der Waals surface area contributed by atoms with Gasteiger partial charge >= 0.3 is 0 Å². The van der Waals surface area contributed by atoms with Crippen LogP contribution in [0, 0.1) is 0 Å². The number of hydrogen-bond acceptors (Lipinski definition) is 5. The van der Waals surface area contributed by atoms with Crippen molar-refractivity contribution in [2.75, 3.05) is 6.61 Å². The highest BCUT2D eigenvalue weighted by Gasteiger charge is 2.04. The van der Waals surface area contributed by atoms with Crippen LogP contribution in [0.5, 0.6) is 5.75 Å². The number of rotatable bonds is 5. The molecule has 0 aliphatic rings. The number of hydrogen-bond donors (Lipinski definition) is 1. The van der Waals surface area contributed by atoms with Crippen molar-refractivity contribution >= 4 is 0 Å². The molecule has 0 bridgehead atoms. The van der Waals surface area contributed by atoms with Crippen LogP contribution < -0.4 is 10.5 Å². The van der Waals surface area contributed by atoms with Crippen LogP contribution in [-0.2, 0) is 13.1 Å². The number of nitrogens with zero attached hydrogens (tertiary/aromatic N) is 4. The fourth-order valence-corrected chi connectivity index (χ4v) is 1.52. The summed E-state index contributed by atoms with van der Waals surface area (Å²) in [6.07, 6.45) is 0. The molecule has 1 heterocycles. The maximum atomic E-state index is 5.53. The van der Waals surface area contributed by atoms with Gasteiger partial charge in [-0.3, -0.25) is 0 Å². The summed E-state index contributed by atoms with van der Waals surface area (Å²) in [4.78, 5) is 0. The van der Waals surface area contributed by atoms with E-state index in [1.54, 1.807) is 4.68 Å². The Morgan fingerprint density at radius 1 is 1.29 bits per heavy atom. The first-order valence-corrected chi connectivity index (χ1v) is 5.50. The number of aromatic nitrogens is 4.